The van der Waals surface area contributed by atoms with Crippen molar-refractivity contribution in [2.24, 2.45) is 0 Å². The summed E-state index contributed by atoms with van der Waals surface area (Å²) in [6.07, 6.45) is 2.43. The van der Waals surface area contributed by atoms with E-state index in [-0.39, 0.29) is 24.3 Å². The molecule has 0 unspecified atom stereocenters. The van der Waals surface area contributed by atoms with Gasteiger partial charge in [0.25, 0.3) is 0 Å². The largest absolute Gasteiger partial charge is 0.489 e. The van der Waals surface area contributed by atoms with Gasteiger partial charge in [-0.3, -0.25) is 0 Å². The Balaban J connectivity index is 1.56. The summed E-state index contributed by atoms with van der Waals surface area (Å²) >= 11 is 12.1. The average molecular weight is 535 g/mol. The molecule has 0 aliphatic carbocycles. The van der Waals surface area contributed by atoms with Crippen molar-refractivity contribution in [2.45, 2.75) is 11.8 Å². The lowest BCUT2D eigenvalue weighted by molar-refractivity contribution is 0.289. The molecule has 1 aliphatic heterocycles. The van der Waals surface area contributed by atoms with Gasteiger partial charge in [0.15, 0.2) is 5.75 Å². The van der Waals surface area contributed by atoms with Crippen LogP contribution < -0.4 is 19.1 Å². The molecule has 0 N–H and O–H groups in total. The Morgan fingerprint density at radius 1 is 1.23 bits per heavy atom. The highest BCUT2D eigenvalue weighted by Crippen LogP contribution is 2.42. The van der Waals surface area contributed by atoms with Crippen LogP contribution in [0.25, 0.3) is 0 Å². The van der Waals surface area contributed by atoms with E-state index in [0.717, 1.165) is 17.6 Å². The van der Waals surface area contributed by atoms with Gasteiger partial charge in [-0.05, 0) is 30.3 Å². The van der Waals surface area contributed by atoms with E-state index in [2.05, 4.69) is 16.0 Å². The van der Waals surface area contributed by atoms with Crippen LogP contribution >= 0.6 is 23.2 Å². The topological polar surface area (TPSA) is 115 Å². The second-order valence-corrected chi connectivity index (χ2v) is 10.2. The van der Waals surface area contributed by atoms with Gasteiger partial charge in [-0.15, -0.1) is 11.6 Å². The van der Waals surface area contributed by atoms with Crippen LogP contribution in [0, 0.1) is 11.3 Å². The molecule has 1 aliphatic rings. The zero-order chi connectivity index (χ0) is 25.0. The maximum atomic E-state index is 11.7. The molecule has 0 spiro atoms. The first kappa shape index (κ1) is 24.9. The number of halogens is 2. The highest BCUT2D eigenvalue weighted by atomic mass is 35.5. The monoisotopic (exact) mass is 534 g/mol. The molecule has 182 valence electrons. The summed E-state index contributed by atoms with van der Waals surface area (Å²) < 4.78 is 40.5. The fraction of sp³-hybridized carbons (Fsp3) is 0.261. The van der Waals surface area contributed by atoms with E-state index >= 15 is 0 Å². The lowest BCUT2D eigenvalue weighted by Gasteiger charge is -2.32. The van der Waals surface area contributed by atoms with Crippen LogP contribution in [0.2, 0.25) is 5.02 Å². The zero-order valence-electron chi connectivity index (χ0n) is 18.6. The van der Waals surface area contributed by atoms with Gasteiger partial charge < -0.3 is 19.1 Å². The fourth-order valence-corrected chi connectivity index (χ4v) is 4.34. The summed E-state index contributed by atoms with van der Waals surface area (Å²) in [6, 6.07) is 12.5. The van der Waals surface area contributed by atoms with Crippen LogP contribution in [0.3, 0.4) is 0 Å². The Morgan fingerprint density at radius 3 is 2.80 bits per heavy atom. The summed E-state index contributed by atoms with van der Waals surface area (Å²) in [4.78, 5) is 9.79. The van der Waals surface area contributed by atoms with E-state index < -0.39 is 9.84 Å². The number of rotatable bonds is 8. The molecule has 2 aromatic carbocycles. The number of aromatic nitrogens is 2. The molecule has 12 heteroatoms. The third-order valence-electron chi connectivity index (χ3n) is 4.99. The summed E-state index contributed by atoms with van der Waals surface area (Å²) in [5.41, 5.74) is 2.23. The summed E-state index contributed by atoms with van der Waals surface area (Å²) in [5.74, 6) is 1.69. The zero-order valence-corrected chi connectivity index (χ0v) is 20.9. The predicted octanol–water partition coefficient (Wildman–Crippen LogP) is 4.13. The minimum atomic E-state index is -3.52. The standard InChI is InChI=1S/C23H20Cl2N4O5S/c1-35(30,31)23-27-6-4-16(28-23)14-34-18-2-3-20-21(12-18)32-9-7-29(20)17-10-15(13-26)22(19(25)11-17)33-8-5-24/h2-4,6,10-12H,5,7-9,14H2,1H3. The van der Waals surface area contributed by atoms with Crippen LogP contribution in [0.15, 0.2) is 47.8 Å². The van der Waals surface area contributed by atoms with Crippen molar-refractivity contribution in [2.75, 3.05) is 36.8 Å². The molecule has 0 atom stereocenters. The molecule has 0 radical (unpaired) electrons. The summed E-state index contributed by atoms with van der Waals surface area (Å²) in [6.45, 7) is 1.25. The molecule has 0 fully saturated rings. The molecular formula is C23H20Cl2N4O5S. The van der Waals surface area contributed by atoms with Gasteiger partial charge in [-0.25, -0.2) is 18.4 Å². The van der Waals surface area contributed by atoms with E-state index in [9.17, 15) is 13.7 Å². The van der Waals surface area contributed by atoms with Crippen LogP contribution in [0.1, 0.15) is 11.3 Å². The smallest absolute Gasteiger partial charge is 0.247 e. The number of nitrogens with zero attached hydrogens (tertiary/aromatic N) is 4. The fourth-order valence-electron chi connectivity index (χ4n) is 3.46. The van der Waals surface area contributed by atoms with E-state index in [0.29, 0.717) is 46.7 Å². The third kappa shape index (κ3) is 5.70. The third-order valence-corrected chi connectivity index (χ3v) is 6.28. The van der Waals surface area contributed by atoms with Crippen molar-refractivity contribution in [3.8, 4) is 23.3 Å². The van der Waals surface area contributed by atoms with Crippen LogP contribution in [0.5, 0.6) is 17.2 Å². The average Bonchev–Trinajstić information content (AvgIpc) is 2.85. The quantitative estimate of drug-likeness (QED) is 0.310. The van der Waals surface area contributed by atoms with Gasteiger partial charge in [-0.1, -0.05) is 11.6 Å². The van der Waals surface area contributed by atoms with Crippen molar-refractivity contribution in [1.29, 1.82) is 5.26 Å². The lowest BCUT2D eigenvalue weighted by Crippen LogP contribution is -2.28. The molecule has 0 amide bonds. The van der Waals surface area contributed by atoms with Crippen molar-refractivity contribution in [1.82, 2.24) is 9.97 Å². The summed E-state index contributed by atoms with van der Waals surface area (Å²) in [7, 11) is -3.52. The number of nitriles is 1. The Labute approximate surface area is 212 Å². The van der Waals surface area contributed by atoms with Gasteiger partial charge in [0.05, 0.1) is 34.4 Å². The minimum absolute atomic E-state index is 0.0540. The van der Waals surface area contributed by atoms with Crippen LogP contribution in [-0.4, -0.2) is 50.3 Å². The molecule has 3 aromatic rings. The number of fused-ring (bicyclic) bond motifs is 1. The maximum Gasteiger partial charge on any atom is 0.247 e. The second kappa shape index (κ2) is 10.6. The molecule has 0 saturated heterocycles. The number of alkyl halides is 1. The van der Waals surface area contributed by atoms with Crippen molar-refractivity contribution >= 4 is 44.4 Å². The van der Waals surface area contributed by atoms with Gasteiger partial charge in [0.2, 0.25) is 15.0 Å². The van der Waals surface area contributed by atoms with E-state index in [1.165, 1.54) is 6.20 Å². The van der Waals surface area contributed by atoms with E-state index in [1.54, 1.807) is 30.3 Å². The first-order valence-corrected chi connectivity index (χ1v) is 13.2. The molecule has 0 saturated carbocycles. The van der Waals surface area contributed by atoms with Gasteiger partial charge in [0.1, 0.15) is 37.4 Å². The normalized spacial score (nSPS) is 12.9. The highest BCUT2D eigenvalue weighted by Gasteiger charge is 2.23. The van der Waals surface area contributed by atoms with Gasteiger partial charge in [-0.2, -0.15) is 5.26 Å². The number of benzene rings is 2. The lowest BCUT2D eigenvalue weighted by atomic mass is 10.1. The molecule has 2 heterocycles. The first-order chi connectivity index (χ1) is 16.8. The van der Waals surface area contributed by atoms with Crippen LogP contribution in [0.4, 0.5) is 11.4 Å². The Morgan fingerprint density at radius 2 is 2.06 bits per heavy atom. The molecule has 9 nitrogen and oxygen atoms in total. The number of sulfone groups is 1. The Kier molecular flexibility index (Phi) is 7.50. The van der Waals surface area contributed by atoms with Crippen molar-refractivity contribution in [3.05, 3.63) is 58.9 Å². The summed E-state index contributed by atoms with van der Waals surface area (Å²) in [5, 5.41) is 9.65. The SMILES string of the molecule is CS(=O)(=O)c1nccc(COc2ccc3c(c2)OCCN3c2cc(Cl)c(OCCCl)c(C#N)c2)n1. The van der Waals surface area contributed by atoms with Gasteiger partial charge >= 0.3 is 0 Å². The molecule has 0 bridgehead atoms. The minimum Gasteiger partial charge on any atom is -0.489 e. The first-order valence-electron chi connectivity index (χ1n) is 10.4. The maximum absolute atomic E-state index is 11.7. The predicted molar refractivity (Wildman–Crippen MR) is 131 cm³/mol. The second-order valence-electron chi connectivity index (χ2n) is 7.47. The van der Waals surface area contributed by atoms with Crippen LogP contribution in [-0.2, 0) is 16.4 Å². The van der Waals surface area contributed by atoms with Gasteiger partial charge in [0, 0.05) is 24.2 Å². The van der Waals surface area contributed by atoms with Crippen molar-refractivity contribution in [3.63, 3.8) is 0 Å². The Bertz CT molecular complexity index is 1400. The number of hydrogen-bond acceptors (Lipinski definition) is 9. The van der Waals surface area contributed by atoms with E-state index in [1.807, 2.05) is 11.0 Å². The highest BCUT2D eigenvalue weighted by molar-refractivity contribution is 7.90. The number of anilines is 2. The van der Waals surface area contributed by atoms with E-state index in [4.69, 9.17) is 37.4 Å². The molecular weight excluding hydrogens is 515 g/mol. The molecule has 35 heavy (non-hydrogen) atoms. The number of ether oxygens (including phenoxy) is 3. The Hall–Kier alpha value is -3.26. The molecule has 1 aromatic heterocycles. The number of hydrogen-bond donors (Lipinski definition) is 0. The molecule has 4 rings (SSSR count). The van der Waals surface area contributed by atoms with Crippen molar-refractivity contribution < 1.29 is 22.6 Å².